The van der Waals surface area contributed by atoms with Crippen molar-refractivity contribution in [3.05, 3.63) is 193 Å². The zero-order chi connectivity index (χ0) is 36.6. The summed E-state index contributed by atoms with van der Waals surface area (Å²) in [5.74, 6) is 3.27. The van der Waals surface area contributed by atoms with E-state index in [4.69, 9.17) is 18.9 Å². The van der Waals surface area contributed by atoms with E-state index in [0.717, 1.165) is 57.1 Å². The molecule has 0 saturated carbocycles. The first-order valence-corrected chi connectivity index (χ1v) is 17.5. The molecular weight excluding hydrogens is 657 g/mol. The van der Waals surface area contributed by atoms with Gasteiger partial charge in [0, 0.05) is 40.0 Å². The minimum absolute atomic E-state index is 0.0187. The van der Waals surface area contributed by atoms with Gasteiger partial charge in [0.05, 0.1) is 28.4 Å². The molecule has 53 heavy (non-hydrogen) atoms. The van der Waals surface area contributed by atoms with E-state index in [-0.39, 0.29) is 5.92 Å². The third-order valence-electron chi connectivity index (χ3n) is 9.42. The summed E-state index contributed by atoms with van der Waals surface area (Å²) in [6.07, 6.45) is 0. The maximum absolute atomic E-state index is 5.45. The van der Waals surface area contributed by atoms with Gasteiger partial charge in [-0.1, -0.05) is 54.6 Å². The van der Waals surface area contributed by atoms with Gasteiger partial charge in [-0.25, -0.2) is 0 Å². The summed E-state index contributed by atoms with van der Waals surface area (Å²) in [5.41, 5.74) is 9.79. The first kappa shape index (κ1) is 34.8. The molecule has 0 aliphatic heterocycles. The molecule has 7 aromatic rings. The molecule has 7 aromatic carbocycles. The lowest BCUT2D eigenvalue weighted by molar-refractivity contribution is 0.414. The van der Waals surface area contributed by atoms with Crippen molar-refractivity contribution in [3.8, 4) is 23.0 Å². The number of hydrogen-bond donors (Lipinski definition) is 0. The van der Waals surface area contributed by atoms with Gasteiger partial charge < -0.3 is 28.7 Å². The number of anilines is 6. The van der Waals surface area contributed by atoms with E-state index < -0.39 is 0 Å². The van der Waals surface area contributed by atoms with Crippen LogP contribution >= 0.6 is 0 Å². The van der Waals surface area contributed by atoms with Gasteiger partial charge >= 0.3 is 0 Å². The average Bonchev–Trinajstić information content (AvgIpc) is 3.23. The van der Waals surface area contributed by atoms with Crippen LogP contribution in [0.25, 0.3) is 0 Å². The molecule has 0 atom stereocenters. The molecule has 0 spiro atoms. The smallest absolute Gasteiger partial charge is 0.119 e. The summed E-state index contributed by atoms with van der Waals surface area (Å²) in [7, 11) is 6.74. The molecule has 0 bridgehead atoms. The SMILES string of the molecule is COc1ccc(N(c2ccc(OC)cc2)c2ccc(C(c3ccccc3)c3ccc(N(c4ccc(OC)cc4)c4ccc(OC)cc4)cc3)cc2)cc1. The summed E-state index contributed by atoms with van der Waals surface area (Å²) in [6.45, 7) is 0. The lowest BCUT2D eigenvalue weighted by Crippen LogP contribution is -2.11. The highest BCUT2D eigenvalue weighted by Gasteiger charge is 2.20. The summed E-state index contributed by atoms with van der Waals surface area (Å²) in [4.78, 5) is 4.48. The molecule has 0 aromatic heterocycles. The second kappa shape index (κ2) is 16.1. The van der Waals surface area contributed by atoms with Crippen molar-refractivity contribution < 1.29 is 18.9 Å². The summed E-state index contributed by atoms with van der Waals surface area (Å²) < 4.78 is 21.8. The first-order valence-electron chi connectivity index (χ1n) is 17.5. The Labute approximate surface area is 312 Å². The van der Waals surface area contributed by atoms with Gasteiger partial charge in [0.15, 0.2) is 0 Å². The average molecular weight is 699 g/mol. The molecule has 0 aliphatic carbocycles. The third kappa shape index (κ3) is 7.67. The summed E-state index contributed by atoms with van der Waals surface area (Å²) in [5, 5.41) is 0. The molecule has 264 valence electrons. The molecule has 0 heterocycles. The van der Waals surface area contributed by atoms with Gasteiger partial charge in [0.25, 0.3) is 0 Å². The second-order valence-electron chi connectivity index (χ2n) is 12.5. The van der Waals surface area contributed by atoms with E-state index in [2.05, 4.69) is 137 Å². The summed E-state index contributed by atoms with van der Waals surface area (Å²) in [6, 6.07) is 60.9. The van der Waals surface area contributed by atoms with Crippen LogP contribution in [0.15, 0.2) is 176 Å². The van der Waals surface area contributed by atoms with Crippen molar-refractivity contribution >= 4 is 34.1 Å². The number of methoxy groups -OCH3 is 4. The normalized spacial score (nSPS) is 10.8. The largest absolute Gasteiger partial charge is 0.497 e. The molecule has 7 rings (SSSR count). The Balaban J connectivity index is 1.26. The van der Waals surface area contributed by atoms with Gasteiger partial charge in [0.1, 0.15) is 23.0 Å². The lowest BCUT2D eigenvalue weighted by atomic mass is 9.85. The van der Waals surface area contributed by atoms with Crippen molar-refractivity contribution in [3.63, 3.8) is 0 Å². The molecule has 0 saturated heterocycles. The van der Waals surface area contributed by atoms with E-state index >= 15 is 0 Å². The zero-order valence-electron chi connectivity index (χ0n) is 30.3. The van der Waals surface area contributed by atoms with Crippen molar-refractivity contribution in [2.75, 3.05) is 38.2 Å². The van der Waals surface area contributed by atoms with Crippen LogP contribution in [0, 0.1) is 0 Å². The Hall–Kier alpha value is -6.66. The van der Waals surface area contributed by atoms with Crippen molar-refractivity contribution in [1.29, 1.82) is 0 Å². The molecule has 0 N–H and O–H groups in total. The molecule has 0 amide bonds. The van der Waals surface area contributed by atoms with Crippen molar-refractivity contribution in [1.82, 2.24) is 0 Å². The highest BCUT2D eigenvalue weighted by molar-refractivity contribution is 5.78. The molecule has 0 radical (unpaired) electrons. The van der Waals surface area contributed by atoms with Gasteiger partial charge in [-0.05, 0) is 138 Å². The Morgan fingerprint density at radius 1 is 0.283 bits per heavy atom. The maximum atomic E-state index is 5.45. The quantitative estimate of drug-likeness (QED) is 0.112. The number of rotatable bonds is 13. The highest BCUT2D eigenvalue weighted by atomic mass is 16.5. The van der Waals surface area contributed by atoms with Crippen LogP contribution in [0.3, 0.4) is 0 Å². The van der Waals surface area contributed by atoms with Crippen LogP contribution in [0.5, 0.6) is 23.0 Å². The van der Waals surface area contributed by atoms with Crippen LogP contribution in [0.1, 0.15) is 22.6 Å². The van der Waals surface area contributed by atoms with Gasteiger partial charge in [-0.3, -0.25) is 0 Å². The van der Waals surface area contributed by atoms with E-state index in [9.17, 15) is 0 Å². The first-order chi connectivity index (χ1) is 26.1. The molecule has 0 fully saturated rings. The standard InChI is InChI=1S/C47H42N2O4/c1-50-43-26-18-39(19-27-43)48(40-20-28-44(51-2)29-21-40)37-14-10-35(11-15-37)47(34-8-6-5-7-9-34)36-12-16-38(17-13-36)49(41-22-30-45(52-3)31-23-41)42-24-32-46(53-4)33-25-42/h5-33,47H,1-4H3. The molecule has 0 unspecified atom stereocenters. The second-order valence-corrected chi connectivity index (χ2v) is 12.5. The number of ether oxygens (including phenoxy) is 4. The van der Waals surface area contributed by atoms with Crippen LogP contribution in [0.4, 0.5) is 34.1 Å². The Bertz CT molecular complexity index is 1950. The Kier molecular flexibility index (Phi) is 10.6. The lowest BCUT2D eigenvalue weighted by Gasteiger charge is -2.27. The zero-order valence-corrected chi connectivity index (χ0v) is 30.3. The van der Waals surface area contributed by atoms with Crippen LogP contribution in [-0.4, -0.2) is 28.4 Å². The van der Waals surface area contributed by atoms with Crippen molar-refractivity contribution in [2.45, 2.75) is 5.92 Å². The fourth-order valence-corrected chi connectivity index (χ4v) is 6.67. The molecule has 0 aliphatic rings. The van der Waals surface area contributed by atoms with Crippen LogP contribution in [0.2, 0.25) is 0 Å². The number of hydrogen-bond acceptors (Lipinski definition) is 6. The fraction of sp³-hybridized carbons (Fsp3) is 0.106. The minimum Gasteiger partial charge on any atom is -0.497 e. The third-order valence-corrected chi connectivity index (χ3v) is 9.42. The van der Waals surface area contributed by atoms with E-state index in [1.807, 2.05) is 48.5 Å². The van der Waals surface area contributed by atoms with E-state index in [0.29, 0.717) is 0 Å². The van der Waals surface area contributed by atoms with E-state index in [1.54, 1.807) is 28.4 Å². The van der Waals surface area contributed by atoms with E-state index in [1.165, 1.54) is 16.7 Å². The monoisotopic (exact) mass is 698 g/mol. The number of nitrogens with zero attached hydrogens (tertiary/aromatic N) is 2. The molecule has 6 nitrogen and oxygen atoms in total. The fourth-order valence-electron chi connectivity index (χ4n) is 6.67. The highest BCUT2D eigenvalue weighted by Crippen LogP contribution is 2.41. The number of benzene rings is 7. The maximum Gasteiger partial charge on any atom is 0.119 e. The topological polar surface area (TPSA) is 43.4 Å². The minimum atomic E-state index is 0.0187. The van der Waals surface area contributed by atoms with Crippen LogP contribution < -0.4 is 28.7 Å². The van der Waals surface area contributed by atoms with Crippen LogP contribution in [-0.2, 0) is 0 Å². The predicted molar refractivity (Wildman–Crippen MR) is 216 cm³/mol. The Morgan fingerprint density at radius 2 is 0.509 bits per heavy atom. The Morgan fingerprint density at radius 3 is 0.755 bits per heavy atom. The molecule has 6 heteroatoms. The molecular formula is C47H42N2O4. The predicted octanol–water partition coefficient (Wildman–Crippen LogP) is 11.8. The van der Waals surface area contributed by atoms with Gasteiger partial charge in [-0.2, -0.15) is 0 Å². The van der Waals surface area contributed by atoms with Gasteiger partial charge in [-0.15, -0.1) is 0 Å². The van der Waals surface area contributed by atoms with Crippen molar-refractivity contribution in [2.24, 2.45) is 0 Å². The van der Waals surface area contributed by atoms with Gasteiger partial charge in [0.2, 0.25) is 0 Å². The summed E-state index contributed by atoms with van der Waals surface area (Å²) >= 11 is 0.